The van der Waals surface area contributed by atoms with Gasteiger partial charge in [-0.3, -0.25) is 9.69 Å². The molecule has 0 aliphatic rings. The first kappa shape index (κ1) is 24.3. The van der Waals surface area contributed by atoms with Crippen LogP contribution < -0.4 is 4.90 Å². The number of benzene rings is 2. The van der Waals surface area contributed by atoms with E-state index in [0.717, 1.165) is 16.9 Å². The van der Waals surface area contributed by atoms with Gasteiger partial charge in [-0.1, -0.05) is 41.7 Å². The second-order valence-electron chi connectivity index (χ2n) is 7.80. The fraction of sp³-hybridized carbons (Fsp3) is 0.231. The number of aryl methyl sites for hydroxylation is 2. The molecule has 0 unspecified atom stereocenters. The van der Waals surface area contributed by atoms with Crippen LogP contribution in [0, 0.1) is 19.7 Å². The van der Waals surface area contributed by atoms with Crippen LogP contribution in [0.4, 0.5) is 9.52 Å². The molecule has 2 aromatic carbocycles. The lowest BCUT2D eigenvalue weighted by atomic mass is 10.2. The van der Waals surface area contributed by atoms with Crippen molar-refractivity contribution in [3.05, 3.63) is 88.0 Å². The van der Waals surface area contributed by atoms with Crippen molar-refractivity contribution in [1.29, 1.82) is 0 Å². The van der Waals surface area contributed by atoms with Crippen LogP contribution in [0.25, 0.3) is 11.5 Å². The second kappa shape index (κ2) is 10.6. The highest BCUT2D eigenvalue weighted by molar-refractivity contribution is 7.17. The zero-order valence-corrected chi connectivity index (χ0v) is 20.4. The Hall–Kier alpha value is -3.85. The maximum absolute atomic E-state index is 13.5. The predicted molar refractivity (Wildman–Crippen MR) is 131 cm³/mol. The summed E-state index contributed by atoms with van der Waals surface area (Å²) in [6, 6.07) is 15.3. The molecule has 0 spiro atoms. The summed E-state index contributed by atoms with van der Waals surface area (Å²) in [5.41, 5.74) is 2.51. The highest BCUT2D eigenvalue weighted by Crippen LogP contribution is 2.29. The first-order chi connectivity index (χ1) is 16.9. The number of nitrogens with zero attached hydrogens (tertiary/aromatic N) is 3. The van der Waals surface area contributed by atoms with Gasteiger partial charge >= 0.3 is 5.97 Å². The summed E-state index contributed by atoms with van der Waals surface area (Å²) >= 11 is 1.08. The fourth-order valence-electron chi connectivity index (χ4n) is 3.45. The van der Waals surface area contributed by atoms with Crippen molar-refractivity contribution in [2.75, 3.05) is 11.5 Å². The van der Waals surface area contributed by atoms with Crippen LogP contribution in [-0.2, 0) is 22.5 Å². The summed E-state index contributed by atoms with van der Waals surface area (Å²) in [5, 5.41) is 0.351. The van der Waals surface area contributed by atoms with E-state index in [1.54, 1.807) is 32.9 Å². The van der Waals surface area contributed by atoms with E-state index in [1.807, 2.05) is 30.3 Å². The number of carbonyl (C=O) groups excluding carboxylic acids is 2. The van der Waals surface area contributed by atoms with Gasteiger partial charge in [-0.25, -0.2) is 19.2 Å². The van der Waals surface area contributed by atoms with Crippen molar-refractivity contribution in [2.45, 2.75) is 33.7 Å². The van der Waals surface area contributed by atoms with E-state index in [4.69, 9.17) is 9.15 Å². The zero-order chi connectivity index (χ0) is 24.9. The van der Waals surface area contributed by atoms with E-state index < -0.39 is 5.97 Å². The molecule has 0 radical (unpaired) electrons. The Labute approximate surface area is 206 Å². The van der Waals surface area contributed by atoms with Crippen molar-refractivity contribution >= 4 is 28.3 Å². The highest BCUT2D eigenvalue weighted by atomic mass is 32.1. The number of aromatic nitrogens is 2. The molecule has 2 heterocycles. The van der Waals surface area contributed by atoms with E-state index in [-0.39, 0.29) is 31.3 Å². The third kappa shape index (κ3) is 5.63. The fourth-order valence-corrected chi connectivity index (χ4v) is 4.43. The monoisotopic (exact) mass is 493 g/mol. The van der Waals surface area contributed by atoms with Crippen molar-refractivity contribution in [3.8, 4) is 11.5 Å². The first-order valence-corrected chi connectivity index (χ1v) is 11.9. The van der Waals surface area contributed by atoms with Gasteiger partial charge in [0.25, 0.3) is 0 Å². The lowest BCUT2D eigenvalue weighted by molar-refractivity contribution is -0.118. The van der Waals surface area contributed by atoms with Gasteiger partial charge in [0.2, 0.25) is 11.8 Å². The van der Waals surface area contributed by atoms with Gasteiger partial charge in [-0.15, -0.1) is 0 Å². The standard InChI is InChI=1S/C26H24FN3O4S/c1-4-33-25(32)23-16(2)28-26(35-23)30(15-18-10-12-20(27)13-11-18)22(31)14-21-17(3)34-24(29-21)19-8-6-5-7-9-19/h5-13H,4,14-15H2,1-3H3. The van der Waals surface area contributed by atoms with Crippen molar-refractivity contribution < 1.29 is 23.1 Å². The number of ether oxygens (including phenoxy) is 1. The number of esters is 1. The Morgan fingerprint density at radius 1 is 1.06 bits per heavy atom. The second-order valence-corrected chi connectivity index (χ2v) is 8.78. The van der Waals surface area contributed by atoms with Gasteiger partial charge in [0.1, 0.15) is 16.5 Å². The quantitative estimate of drug-likeness (QED) is 0.301. The van der Waals surface area contributed by atoms with E-state index in [1.165, 1.54) is 17.0 Å². The number of amides is 1. The van der Waals surface area contributed by atoms with Crippen LogP contribution in [0.5, 0.6) is 0 Å². The predicted octanol–water partition coefficient (Wildman–Crippen LogP) is 5.51. The first-order valence-electron chi connectivity index (χ1n) is 11.1. The lowest BCUT2D eigenvalue weighted by Crippen LogP contribution is -2.32. The topological polar surface area (TPSA) is 85.5 Å². The van der Waals surface area contributed by atoms with Crippen molar-refractivity contribution in [3.63, 3.8) is 0 Å². The molecule has 4 aromatic rings. The Balaban J connectivity index is 1.64. The third-order valence-corrected chi connectivity index (χ3v) is 6.42. The molecule has 1 amide bonds. The van der Waals surface area contributed by atoms with E-state index in [9.17, 15) is 14.0 Å². The number of oxazole rings is 1. The Bertz CT molecular complexity index is 1330. The molecule has 180 valence electrons. The Morgan fingerprint density at radius 2 is 1.77 bits per heavy atom. The van der Waals surface area contributed by atoms with E-state index >= 15 is 0 Å². The molecule has 0 saturated carbocycles. The molecule has 4 rings (SSSR count). The highest BCUT2D eigenvalue weighted by Gasteiger charge is 2.26. The molecule has 0 saturated heterocycles. The van der Waals surface area contributed by atoms with Crippen LogP contribution in [0.3, 0.4) is 0 Å². The number of hydrogen-bond acceptors (Lipinski definition) is 7. The summed E-state index contributed by atoms with van der Waals surface area (Å²) in [6.45, 7) is 5.57. The molecule has 0 aliphatic heterocycles. The third-order valence-electron chi connectivity index (χ3n) is 5.26. The molecule has 0 aliphatic carbocycles. The summed E-state index contributed by atoms with van der Waals surface area (Å²) in [7, 11) is 0. The summed E-state index contributed by atoms with van der Waals surface area (Å²) < 4.78 is 24.4. The molecule has 0 N–H and O–H groups in total. The zero-order valence-electron chi connectivity index (χ0n) is 19.6. The number of halogens is 1. The normalized spacial score (nSPS) is 10.9. The number of rotatable bonds is 8. The Morgan fingerprint density at radius 3 is 2.46 bits per heavy atom. The molecule has 2 aromatic heterocycles. The summed E-state index contributed by atoms with van der Waals surface area (Å²) in [4.78, 5) is 36.7. The molecule has 7 nitrogen and oxygen atoms in total. The van der Waals surface area contributed by atoms with E-state index in [0.29, 0.717) is 38.6 Å². The Kier molecular flexibility index (Phi) is 7.36. The largest absolute Gasteiger partial charge is 0.462 e. The van der Waals surface area contributed by atoms with Crippen LogP contribution in [-0.4, -0.2) is 28.5 Å². The minimum absolute atomic E-state index is 0.0310. The average molecular weight is 494 g/mol. The minimum Gasteiger partial charge on any atom is -0.462 e. The SMILES string of the molecule is CCOC(=O)c1sc(N(Cc2ccc(F)cc2)C(=O)Cc2nc(-c3ccccc3)oc2C)nc1C. The number of carbonyl (C=O) groups is 2. The average Bonchev–Trinajstić information content (AvgIpc) is 3.41. The van der Waals surface area contributed by atoms with Gasteiger partial charge in [-0.05, 0) is 50.6 Å². The molecular weight excluding hydrogens is 469 g/mol. The minimum atomic E-state index is -0.484. The van der Waals surface area contributed by atoms with Gasteiger partial charge in [0, 0.05) is 5.56 Å². The maximum Gasteiger partial charge on any atom is 0.350 e. The molecule has 0 bridgehead atoms. The van der Waals surface area contributed by atoms with Crippen LogP contribution in [0.1, 0.15) is 39.3 Å². The summed E-state index contributed by atoms with van der Waals surface area (Å²) in [5.74, 6) is -0.155. The molecular formula is C26H24FN3O4S. The molecule has 0 fully saturated rings. The smallest absolute Gasteiger partial charge is 0.350 e. The number of anilines is 1. The van der Waals surface area contributed by atoms with Gasteiger partial charge in [-0.2, -0.15) is 0 Å². The molecule has 9 heteroatoms. The van der Waals surface area contributed by atoms with Gasteiger partial charge < -0.3 is 9.15 Å². The van der Waals surface area contributed by atoms with Crippen LogP contribution >= 0.6 is 11.3 Å². The molecule has 0 atom stereocenters. The number of thiazole rings is 1. The van der Waals surface area contributed by atoms with Crippen molar-refractivity contribution in [2.24, 2.45) is 0 Å². The summed E-state index contributed by atoms with van der Waals surface area (Å²) in [6.07, 6.45) is -0.0310. The van der Waals surface area contributed by atoms with Crippen molar-refractivity contribution in [1.82, 2.24) is 9.97 Å². The van der Waals surface area contributed by atoms with Gasteiger partial charge in [0.05, 0.1) is 31.0 Å². The number of hydrogen-bond donors (Lipinski definition) is 0. The van der Waals surface area contributed by atoms with E-state index in [2.05, 4.69) is 9.97 Å². The molecule has 35 heavy (non-hydrogen) atoms. The lowest BCUT2D eigenvalue weighted by Gasteiger charge is -2.20. The van der Waals surface area contributed by atoms with Gasteiger partial charge in [0.15, 0.2) is 5.13 Å². The van der Waals surface area contributed by atoms with Crippen LogP contribution in [0.2, 0.25) is 0 Å². The maximum atomic E-state index is 13.5. The van der Waals surface area contributed by atoms with Crippen LogP contribution in [0.15, 0.2) is 59.0 Å².